The van der Waals surface area contributed by atoms with E-state index in [-0.39, 0.29) is 23.8 Å². The summed E-state index contributed by atoms with van der Waals surface area (Å²) in [5.74, 6) is -1.09. The van der Waals surface area contributed by atoms with E-state index < -0.39 is 24.5 Å². The Morgan fingerprint density at radius 3 is 2.62 bits per heavy atom. The zero-order chi connectivity index (χ0) is 18.1. The zero-order valence-electron chi connectivity index (χ0n) is 13.4. The first-order valence-corrected chi connectivity index (χ1v) is 7.34. The minimum Gasteiger partial charge on any atom is -0.435 e. The topological polar surface area (TPSA) is 91.2 Å². The van der Waals surface area contributed by atoms with Crippen LogP contribution in [0.4, 0.5) is 8.78 Å². The van der Waals surface area contributed by atoms with E-state index in [0.717, 1.165) is 0 Å². The first kappa shape index (κ1) is 19.4. The van der Waals surface area contributed by atoms with Crippen molar-refractivity contribution in [3.05, 3.63) is 29.8 Å². The van der Waals surface area contributed by atoms with E-state index in [2.05, 4.69) is 15.4 Å². The molecular weight excluding hydrogens is 320 g/mol. The number of amides is 2. The van der Waals surface area contributed by atoms with Crippen LogP contribution in [0, 0.1) is 17.2 Å². The molecule has 2 N–H and O–H groups in total. The van der Waals surface area contributed by atoms with E-state index in [1.54, 1.807) is 6.07 Å². The van der Waals surface area contributed by atoms with Gasteiger partial charge in [0.05, 0.1) is 6.07 Å². The molecule has 1 atom stereocenters. The number of hydrogen-bond donors (Lipinski definition) is 2. The summed E-state index contributed by atoms with van der Waals surface area (Å²) in [6, 6.07) is 6.25. The Morgan fingerprint density at radius 2 is 2.04 bits per heavy atom. The summed E-state index contributed by atoms with van der Waals surface area (Å²) >= 11 is 0. The molecule has 0 aliphatic carbocycles. The Balaban J connectivity index is 2.83. The van der Waals surface area contributed by atoms with Crippen molar-refractivity contribution in [1.29, 1.82) is 5.26 Å². The summed E-state index contributed by atoms with van der Waals surface area (Å²) in [5, 5.41) is 13.5. The fraction of sp³-hybridized carbons (Fsp3) is 0.438. The number of carbonyl (C=O) groups is 2. The number of benzene rings is 1. The summed E-state index contributed by atoms with van der Waals surface area (Å²) in [7, 11) is 0. The second-order valence-corrected chi connectivity index (χ2v) is 5.44. The van der Waals surface area contributed by atoms with Gasteiger partial charge in [-0.25, -0.2) is 0 Å². The molecule has 0 bridgehead atoms. The lowest BCUT2D eigenvalue weighted by Crippen LogP contribution is -2.47. The monoisotopic (exact) mass is 339 g/mol. The van der Waals surface area contributed by atoms with Gasteiger partial charge in [0.25, 0.3) is 5.91 Å². The first-order chi connectivity index (χ1) is 11.3. The number of rotatable bonds is 8. The molecule has 1 aromatic rings. The van der Waals surface area contributed by atoms with Crippen LogP contribution in [0.25, 0.3) is 0 Å². The number of alkyl halides is 2. The number of nitrogens with zero attached hydrogens (tertiary/aromatic N) is 1. The Bertz CT molecular complexity index is 615. The second kappa shape index (κ2) is 9.45. The van der Waals surface area contributed by atoms with Gasteiger partial charge < -0.3 is 15.4 Å². The molecule has 8 heteroatoms. The molecule has 0 saturated heterocycles. The third kappa shape index (κ3) is 6.60. The highest BCUT2D eigenvalue weighted by Crippen LogP contribution is 2.16. The normalized spacial score (nSPS) is 11.7. The van der Waals surface area contributed by atoms with Crippen molar-refractivity contribution >= 4 is 11.8 Å². The summed E-state index contributed by atoms with van der Waals surface area (Å²) in [4.78, 5) is 24.3. The fourth-order valence-electron chi connectivity index (χ4n) is 2.01. The summed E-state index contributed by atoms with van der Waals surface area (Å²) < 4.78 is 28.7. The SMILES string of the molecule is CC(C)C[C@H](NC(=O)c1cccc(OC(F)F)c1)C(=O)NCC#N. The summed E-state index contributed by atoms with van der Waals surface area (Å²) in [6.45, 7) is 0.608. The number of ether oxygens (including phenoxy) is 1. The molecule has 0 unspecified atom stereocenters. The molecule has 0 radical (unpaired) electrons. The quantitative estimate of drug-likeness (QED) is 0.709. The van der Waals surface area contributed by atoms with Gasteiger partial charge in [-0.2, -0.15) is 14.0 Å². The average molecular weight is 339 g/mol. The predicted octanol–water partition coefficient (Wildman–Crippen LogP) is 2.07. The lowest BCUT2D eigenvalue weighted by atomic mass is 10.0. The van der Waals surface area contributed by atoms with E-state index in [0.29, 0.717) is 6.42 Å². The zero-order valence-corrected chi connectivity index (χ0v) is 13.4. The van der Waals surface area contributed by atoms with Gasteiger partial charge in [0.1, 0.15) is 18.3 Å². The molecule has 6 nitrogen and oxygen atoms in total. The van der Waals surface area contributed by atoms with Crippen LogP contribution in [0.1, 0.15) is 30.6 Å². The fourth-order valence-corrected chi connectivity index (χ4v) is 2.01. The van der Waals surface area contributed by atoms with Gasteiger partial charge in [-0.3, -0.25) is 9.59 Å². The van der Waals surface area contributed by atoms with Crippen LogP contribution in [0.3, 0.4) is 0 Å². The van der Waals surface area contributed by atoms with Crippen molar-refractivity contribution in [2.24, 2.45) is 5.92 Å². The third-order valence-electron chi connectivity index (χ3n) is 2.99. The number of halogens is 2. The van der Waals surface area contributed by atoms with E-state index in [4.69, 9.17) is 5.26 Å². The Morgan fingerprint density at radius 1 is 1.33 bits per heavy atom. The number of nitriles is 1. The number of carbonyl (C=O) groups excluding carboxylic acids is 2. The maximum absolute atomic E-state index is 12.3. The van der Waals surface area contributed by atoms with Gasteiger partial charge in [-0.1, -0.05) is 19.9 Å². The average Bonchev–Trinajstić information content (AvgIpc) is 2.51. The summed E-state index contributed by atoms with van der Waals surface area (Å²) in [5.41, 5.74) is 0.0926. The first-order valence-electron chi connectivity index (χ1n) is 7.34. The molecule has 0 aliphatic heterocycles. The smallest absolute Gasteiger partial charge is 0.387 e. The second-order valence-electron chi connectivity index (χ2n) is 5.44. The van der Waals surface area contributed by atoms with Gasteiger partial charge in [0.2, 0.25) is 5.91 Å². The van der Waals surface area contributed by atoms with Crippen LogP contribution in [0.2, 0.25) is 0 Å². The van der Waals surface area contributed by atoms with Gasteiger partial charge in [0.15, 0.2) is 0 Å². The van der Waals surface area contributed by atoms with Crippen LogP contribution in [-0.2, 0) is 4.79 Å². The molecular formula is C16H19F2N3O3. The van der Waals surface area contributed by atoms with Crippen molar-refractivity contribution < 1.29 is 23.1 Å². The Labute approximate surface area is 138 Å². The van der Waals surface area contributed by atoms with Gasteiger partial charge >= 0.3 is 6.61 Å². The van der Waals surface area contributed by atoms with Gasteiger partial charge in [-0.15, -0.1) is 0 Å². The van der Waals surface area contributed by atoms with Crippen LogP contribution >= 0.6 is 0 Å². The molecule has 1 rings (SSSR count). The van der Waals surface area contributed by atoms with Crippen molar-refractivity contribution in [3.63, 3.8) is 0 Å². The van der Waals surface area contributed by atoms with E-state index >= 15 is 0 Å². The minimum atomic E-state index is -2.99. The molecule has 1 aromatic carbocycles. The molecule has 24 heavy (non-hydrogen) atoms. The molecule has 0 heterocycles. The maximum Gasteiger partial charge on any atom is 0.387 e. The molecule has 0 aromatic heterocycles. The van der Waals surface area contributed by atoms with Crippen LogP contribution in [-0.4, -0.2) is 31.0 Å². The predicted molar refractivity (Wildman–Crippen MR) is 82.4 cm³/mol. The van der Waals surface area contributed by atoms with E-state index in [1.807, 2.05) is 13.8 Å². The van der Waals surface area contributed by atoms with Crippen molar-refractivity contribution in [2.75, 3.05) is 6.54 Å². The number of hydrogen-bond acceptors (Lipinski definition) is 4. The Kier molecular flexibility index (Phi) is 7.62. The minimum absolute atomic E-state index is 0.0926. The van der Waals surface area contributed by atoms with Gasteiger partial charge in [-0.05, 0) is 30.5 Å². The van der Waals surface area contributed by atoms with Crippen molar-refractivity contribution in [2.45, 2.75) is 32.9 Å². The van der Waals surface area contributed by atoms with Crippen LogP contribution in [0.15, 0.2) is 24.3 Å². The molecule has 0 saturated carbocycles. The van der Waals surface area contributed by atoms with Crippen LogP contribution in [0.5, 0.6) is 5.75 Å². The molecule has 2 amide bonds. The van der Waals surface area contributed by atoms with Crippen molar-refractivity contribution in [3.8, 4) is 11.8 Å². The molecule has 0 aliphatic rings. The standard InChI is InChI=1S/C16H19F2N3O3/c1-10(2)8-13(15(23)20-7-6-19)21-14(22)11-4-3-5-12(9-11)24-16(17)18/h3-5,9-10,13,16H,7-8H2,1-2H3,(H,20,23)(H,21,22)/t13-/m0/s1. The molecule has 0 fully saturated rings. The molecule has 130 valence electrons. The van der Waals surface area contributed by atoms with Crippen LogP contribution < -0.4 is 15.4 Å². The number of nitrogens with one attached hydrogen (secondary N) is 2. The lowest BCUT2D eigenvalue weighted by Gasteiger charge is -2.19. The third-order valence-corrected chi connectivity index (χ3v) is 2.99. The highest BCUT2D eigenvalue weighted by Gasteiger charge is 2.22. The van der Waals surface area contributed by atoms with E-state index in [1.165, 1.54) is 24.3 Å². The summed E-state index contributed by atoms with van der Waals surface area (Å²) in [6.07, 6.45) is 0.371. The van der Waals surface area contributed by atoms with E-state index in [9.17, 15) is 18.4 Å². The Hall–Kier alpha value is -2.69. The maximum atomic E-state index is 12.3. The molecule has 0 spiro atoms. The highest BCUT2D eigenvalue weighted by molar-refractivity contribution is 5.97. The highest BCUT2D eigenvalue weighted by atomic mass is 19.3. The van der Waals surface area contributed by atoms with Gasteiger partial charge in [0, 0.05) is 5.56 Å². The lowest BCUT2D eigenvalue weighted by molar-refractivity contribution is -0.123. The largest absolute Gasteiger partial charge is 0.435 e. The van der Waals surface area contributed by atoms with Crippen molar-refractivity contribution in [1.82, 2.24) is 10.6 Å².